The van der Waals surface area contributed by atoms with E-state index in [1.54, 1.807) is 12.1 Å². The number of ether oxygens (including phenoxy) is 2. The van der Waals surface area contributed by atoms with Crippen LogP contribution >= 0.6 is 0 Å². The van der Waals surface area contributed by atoms with Crippen molar-refractivity contribution in [3.05, 3.63) is 82.7 Å². The van der Waals surface area contributed by atoms with Crippen LogP contribution in [0.3, 0.4) is 0 Å². The third-order valence-electron chi connectivity index (χ3n) is 6.27. The van der Waals surface area contributed by atoms with Crippen molar-refractivity contribution in [2.75, 3.05) is 0 Å². The van der Waals surface area contributed by atoms with E-state index in [9.17, 15) is 22.8 Å². The second kappa shape index (κ2) is 7.47. The van der Waals surface area contributed by atoms with Crippen molar-refractivity contribution in [3.8, 4) is 22.6 Å². The average Bonchev–Trinajstić information content (AvgIpc) is 3.51. The number of halogens is 3. The molecule has 1 aliphatic carbocycles. The molecule has 0 aromatic heterocycles. The fourth-order valence-corrected chi connectivity index (χ4v) is 4.38. The lowest BCUT2D eigenvalue weighted by Gasteiger charge is -2.16. The summed E-state index contributed by atoms with van der Waals surface area (Å²) in [6, 6.07) is 14.1. The highest BCUT2D eigenvalue weighted by molar-refractivity contribution is 5.95. The number of hydrogen-bond donors (Lipinski definition) is 0. The summed E-state index contributed by atoms with van der Waals surface area (Å²) in [5.41, 5.74) is 3.03. The molecule has 0 amide bonds. The number of Topliss-reactive ketones (excluding diaryl/α,β-unsaturated/α-hetero) is 1. The molecule has 2 aliphatic rings. The third kappa shape index (κ3) is 3.88. The fourth-order valence-electron chi connectivity index (χ4n) is 4.38. The Morgan fingerprint density at radius 2 is 1.76 bits per heavy atom. The molecule has 0 atom stereocenters. The second-order valence-corrected chi connectivity index (χ2v) is 8.55. The maximum Gasteiger partial charge on any atom is 0.586 e. The predicted molar refractivity (Wildman–Crippen MR) is 114 cm³/mol. The van der Waals surface area contributed by atoms with E-state index in [2.05, 4.69) is 9.47 Å². The van der Waals surface area contributed by atoms with E-state index in [1.165, 1.54) is 18.2 Å². The van der Waals surface area contributed by atoms with Crippen molar-refractivity contribution in [1.29, 1.82) is 0 Å². The van der Waals surface area contributed by atoms with E-state index in [0.29, 0.717) is 30.3 Å². The van der Waals surface area contributed by atoms with E-state index in [4.69, 9.17) is 0 Å². The minimum absolute atomic E-state index is 0.0317. The number of ketones is 1. The van der Waals surface area contributed by atoms with Gasteiger partial charge >= 0.3 is 6.29 Å². The van der Waals surface area contributed by atoms with Crippen molar-refractivity contribution in [3.63, 3.8) is 0 Å². The van der Waals surface area contributed by atoms with Crippen LogP contribution in [-0.2, 0) is 16.6 Å². The first-order chi connectivity index (χ1) is 15.7. The molecule has 0 radical (unpaired) electrons. The lowest BCUT2D eigenvalue weighted by Crippen LogP contribution is -2.26. The summed E-state index contributed by atoms with van der Waals surface area (Å²) in [5.74, 6) is -0.678. The number of aldehydes is 1. The predicted octanol–water partition coefficient (Wildman–Crippen LogP) is 5.78. The molecule has 33 heavy (non-hydrogen) atoms. The van der Waals surface area contributed by atoms with E-state index in [-0.39, 0.29) is 29.3 Å². The summed E-state index contributed by atoms with van der Waals surface area (Å²) >= 11 is 0. The summed E-state index contributed by atoms with van der Waals surface area (Å²) in [4.78, 5) is 24.4. The Labute approximate surface area is 188 Å². The van der Waals surface area contributed by atoms with Gasteiger partial charge in [0.25, 0.3) is 0 Å². The smallest absolute Gasteiger partial charge is 0.395 e. The molecular formula is C26H19F3O4. The highest BCUT2D eigenvalue weighted by atomic mass is 19.3. The first-order valence-electron chi connectivity index (χ1n) is 10.5. The Kier molecular flexibility index (Phi) is 4.81. The summed E-state index contributed by atoms with van der Waals surface area (Å²) in [5, 5.41) is 0. The number of aryl methyl sites for hydroxylation is 1. The Bertz CT molecular complexity index is 1290. The van der Waals surface area contributed by atoms with Crippen LogP contribution in [0.4, 0.5) is 13.2 Å². The first-order valence-corrected chi connectivity index (χ1v) is 10.5. The zero-order valence-electron chi connectivity index (χ0n) is 17.7. The van der Waals surface area contributed by atoms with Gasteiger partial charge < -0.3 is 9.47 Å². The molecule has 4 nitrogen and oxygen atoms in total. The van der Waals surface area contributed by atoms with E-state index >= 15 is 0 Å². The normalized spacial score (nSPS) is 17.0. The van der Waals surface area contributed by atoms with Gasteiger partial charge in [-0.3, -0.25) is 9.59 Å². The Morgan fingerprint density at radius 3 is 2.48 bits per heavy atom. The van der Waals surface area contributed by atoms with Crippen LogP contribution in [0.1, 0.15) is 39.9 Å². The second-order valence-electron chi connectivity index (χ2n) is 8.55. The van der Waals surface area contributed by atoms with Gasteiger partial charge in [0.2, 0.25) is 0 Å². The van der Waals surface area contributed by atoms with Crippen molar-refractivity contribution >= 4 is 12.1 Å². The molecular weight excluding hydrogens is 433 g/mol. The molecule has 168 valence electrons. The number of rotatable bonds is 6. The molecule has 1 saturated carbocycles. The van der Waals surface area contributed by atoms with Gasteiger partial charge in [-0.05, 0) is 77.9 Å². The molecule has 0 N–H and O–H groups in total. The summed E-state index contributed by atoms with van der Waals surface area (Å²) < 4.78 is 49.7. The van der Waals surface area contributed by atoms with Crippen molar-refractivity contribution < 1.29 is 32.2 Å². The molecule has 5 rings (SSSR count). The Morgan fingerprint density at radius 1 is 1.00 bits per heavy atom. The largest absolute Gasteiger partial charge is 0.586 e. The van der Waals surface area contributed by atoms with Crippen LogP contribution in [-0.4, -0.2) is 18.4 Å². The van der Waals surface area contributed by atoms with Crippen LogP contribution in [0.2, 0.25) is 0 Å². The van der Waals surface area contributed by atoms with Crippen molar-refractivity contribution in [1.82, 2.24) is 0 Å². The topological polar surface area (TPSA) is 52.6 Å². The lowest BCUT2D eigenvalue weighted by atomic mass is 9.86. The molecule has 0 unspecified atom stereocenters. The maximum absolute atomic E-state index is 14.0. The Balaban J connectivity index is 1.42. The molecule has 7 heteroatoms. The Hall–Kier alpha value is -3.61. The van der Waals surface area contributed by atoms with Crippen LogP contribution in [0.15, 0.2) is 54.6 Å². The zero-order valence-corrected chi connectivity index (χ0v) is 17.7. The molecule has 3 aromatic rings. The molecule has 3 aromatic carbocycles. The molecule has 1 fully saturated rings. The monoisotopic (exact) mass is 452 g/mol. The summed E-state index contributed by atoms with van der Waals surface area (Å²) in [6.07, 6.45) is -1.75. The number of benzene rings is 3. The van der Waals surface area contributed by atoms with Gasteiger partial charge in [-0.2, -0.15) is 0 Å². The average molecular weight is 452 g/mol. The molecule has 1 aliphatic heterocycles. The SMILES string of the molecule is Cc1ccc(CC(=O)C2(c3ccc4c(c3)OC(F)(F)O4)CC2)cc1-c1cc(F)cc(C=O)c1. The zero-order chi connectivity index (χ0) is 23.4. The van der Waals surface area contributed by atoms with Gasteiger partial charge in [0.1, 0.15) is 17.9 Å². The standard InChI is InChI=1S/C26H19F3O4/c1-15-2-3-16(10-21(15)18-8-17(14-30)9-20(27)12-18)11-24(31)25(6-7-25)19-4-5-22-23(13-19)33-26(28,29)32-22/h2-5,8-10,12-14H,6-7,11H2,1H3. The first kappa shape index (κ1) is 21.2. The lowest BCUT2D eigenvalue weighted by molar-refractivity contribution is -0.286. The number of alkyl halides is 2. The van der Waals surface area contributed by atoms with Crippen molar-refractivity contribution in [2.45, 2.75) is 37.9 Å². The number of hydrogen-bond acceptors (Lipinski definition) is 4. The molecule has 0 saturated heterocycles. The highest BCUT2D eigenvalue weighted by Gasteiger charge is 2.52. The fraction of sp³-hybridized carbons (Fsp3) is 0.231. The minimum atomic E-state index is -3.71. The molecule has 1 heterocycles. The van der Waals surface area contributed by atoms with E-state index in [0.717, 1.165) is 22.8 Å². The highest BCUT2D eigenvalue weighted by Crippen LogP contribution is 2.52. The van der Waals surface area contributed by atoms with Gasteiger partial charge in [-0.1, -0.05) is 24.3 Å². The summed E-state index contributed by atoms with van der Waals surface area (Å²) in [7, 11) is 0. The van der Waals surface area contributed by atoms with Gasteiger partial charge in [0.15, 0.2) is 11.5 Å². The van der Waals surface area contributed by atoms with Crippen LogP contribution < -0.4 is 9.47 Å². The van der Waals surface area contributed by atoms with E-state index < -0.39 is 17.5 Å². The van der Waals surface area contributed by atoms with Crippen LogP contribution in [0, 0.1) is 12.7 Å². The van der Waals surface area contributed by atoms with Crippen molar-refractivity contribution in [2.24, 2.45) is 0 Å². The maximum atomic E-state index is 14.0. The van der Waals surface area contributed by atoms with Crippen LogP contribution in [0.5, 0.6) is 11.5 Å². The van der Waals surface area contributed by atoms with Gasteiger partial charge in [0.05, 0.1) is 5.41 Å². The van der Waals surface area contributed by atoms with Crippen LogP contribution in [0.25, 0.3) is 11.1 Å². The third-order valence-corrected chi connectivity index (χ3v) is 6.27. The summed E-state index contributed by atoms with van der Waals surface area (Å²) in [6.45, 7) is 1.87. The van der Waals surface area contributed by atoms with Gasteiger partial charge in [-0.25, -0.2) is 4.39 Å². The number of carbonyl (C=O) groups is 2. The minimum Gasteiger partial charge on any atom is -0.395 e. The van der Waals surface area contributed by atoms with Gasteiger partial charge in [0, 0.05) is 12.0 Å². The van der Waals surface area contributed by atoms with Gasteiger partial charge in [-0.15, -0.1) is 8.78 Å². The quantitative estimate of drug-likeness (QED) is 0.445. The number of fused-ring (bicyclic) bond motifs is 1. The number of carbonyl (C=O) groups excluding carboxylic acids is 2. The molecule has 0 bridgehead atoms. The molecule has 0 spiro atoms. The van der Waals surface area contributed by atoms with E-state index in [1.807, 2.05) is 25.1 Å².